The van der Waals surface area contributed by atoms with Crippen molar-refractivity contribution in [3.8, 4) is 0 Å². The predicted molar refractivity (Wildman–Crippen MR) is 98.9 cm³/mol. The molecule has 1 spiro atoms. The minimum absolute atomic E-state index is 0.0225. The molecule has 6 nitrogen and oxygen atoms in total. The minimum Gasteiger partial charge on any atom is -0.383 e. The second-order valence-corrected chi connectivity index (χ2v) is 7.33. The fraction of sp³-hybridized carbons (Fsp3) is 0.650. The second-order valence-electron chi connectivity index (χ2n) is 7.33. The first-order valence-corrected chi connectivity index (χ1v) is 9.57. The van der Waals surface area contributed by atoms with E-state index in [1.165, 1.54) is 0 Å². The Morgan fingerprint density at radius 2 is 2.19 bits per heavy atom. The number of nitrogens with zero attached hydrogens (tertiary/aromatic N) is 3. The van der Waals surface area contributed by atoms with Gasteiger partial charge in [-0.3, -0.25) is 9.59 Å². The van der Waals surface area contributed by atoms with Crippen LogP contribution in [0.3, 0.4) is 0 Å². The number of ether oxygens (including phenoxy) is 1. The molecule has 2 aliphatic rings. The number of rotatable bonds is 5. The molecule has 0 N–H and O–H groups in total. The van der Waals surface area contributed by atoms with Gasteiger partial charge in [0.05, 0.1) is 18.2 Å². The van der Waals surface area contributed by atoms with E-state index in [4.69, 9.17) is 4.74 Å². The van der Waals surface area contributed by atoms with Crippen LogP contribution >= 0.6 is 0 Å². The van der Waals surface area contributed by atoms with E-state index in [0.29, 0.717) is 25.3 Å². The number of piperidine rings is 1. The third-order valence-electron chi connectivity index (χ3n) is 5.89. The Bertz CT molecular complexity index is 678. The lowest BCUT2D eigenvalue weighted by molar-refractivity contribution is -0.135. The molecule has 3 heterocycles. The van der Waals surface area contributed by atoms with Crippen LogP contribution < -0.4 is 0 Å². The third-order valence-corrected chi connectivity index (χ3v) is 5.89. The first kappa shape index (κ1) is 18.8. The lowest BCUT2D eigenvalue weighted by Crippen LogP contribution is -2.64. The summed E-state index contributed by atoms with van der Waals surface area (Å²) in [6, 6.07) is 5.58. The molecule has 0 radical (unpaired) electrons. The van der Waals surface area contributed by atoms with Gasteiger partial charge in [0.1, 0.15) is 5.69 Å². The van der Waals surface area contributed by atoms with Crippen LogP contribution in [-0.2, 0) is 9.53 Å². The number of aromatic nitrogens is 1. The molecular formula is C20H29N3O3. The van der Waals surface area contributed by atoms with E-state index in [9.17, 15) is 9.59 Å². The highest BCUT2D eigenvalue weighted by molar-refractivity contribution is 5.93. The lowest BCUT2D eigenvalue weighted by Gasteiger charge is -2.52. The molecule has 1 aromatic heterocycles. The van der Waals surface area contributed by atoms with E-state index in [1.807, 2.05) is 28.9 Å². The van der Waals surface area contributed by atoms with Gasteiger partial charge < -0.3 is 14.5 Å². The van der Waals surface area contributed by atoms with Crippen molar-refractivity contribution in [2.45, 2.75) is 57.5 Å². The van der Waals surface area contributed by atoms with Gasteiger partial charge in [0.15, 0.2) is 0 Å². The fourth-order valence-corrected chi connectivity index (χ4v) is 4.80. The molecule has 2 saturated heterocycles. The zero-order valence-corrected chi connectivity index (χ0v) is 16.0. The number of amides is 2. The summed E-state index contributed by atoms with van der Waals surface area (Å²) < 4.78 is 5.23. The Kier molecular flexibility index (Phi) is 5.61. The summed E-state index contributed by atoms with van der Waals surface area (Å²) >= 11 is 0. The maximum Gasteiger partial charge on any atom is 0.272 e. The second kappa shape index (κ2) is 7.74. The van der Waals surface area contributed by atoms with Crippen molar-refractivity contribution >= 4 is 11.8 Å². The predicted octanol–water partition coefficient (Wildman–Crippen LogP) is 2.41. The van der Waals surface area contributed by atoms with E-state index < -0.39 is 0 Å². The molecule has 26 heavy (non-hydrogen) atoms. The van der Waals surface area contributed by atoms with Gasteiger partial charge in [-0.15, -0.1) is 0 Å². The molecule has 2 atom stereocenters. The lowest BCUT2D eigenvalue weighted by atomic mass is 9.77. The Morgan fingerprint density at radius 3 is 2.88 bits per heavy atom. The molecule has 3 rings (SSSR count). The van der Waals surface area contributed by atoms with Crippen LogP contribution in [0.15, 0.2) is 18.2 Å². The quantitative estimate of drug-likeness (QED) is 0.810. The van der Waals surface area contributed by atoms with Crippen molar-refractivity contribution < 1.29 is 14.3 Å². The van der Waals surface area contributed by atoms with Gasteiger partial charge in [-0.2, -0.15) is 0 Å². The molecule has 0 saturated carbocycles. The molecule has 2 aliphatic heterocycles. The third kappa shape index (κ3) is 3.22. The Balaban J connectivity index is 1.91. The number of carbonyl (C=O) groups excluding carboxylic acids is 2. The highest BCUT2D eigenvalue weighted by Crippen LogP contribution is 2.43. The Morgan fingerprint density at radius 1 is 1.38 bits per heavy atom. The van der Waals surface area contributed by atoms with E-state index in [2.05, 4.69) is 11.9 Å². The number of hydrogen-bond acceptors (Lipinski definition) is 4. The van der Waals surface area contributed by atoms with Crippen molar-refractivity contribution in [3.05, 3.63) is 29.6 Å². The van der Waals surface area contributed by atoms with Gasteiger partial charge in [0.2, 0.25) is 5.91 Å². The number of carbonyl (C=O) groups is 2. The molecule has 1 aromatic rings. The van der Waals surface area contributed by atoms with Crippen LogP contribution in [0.1, 0.15) is 55.2 Å². The summed E-state index contributed by atoms with van der Waals surface area (Å²) in [4.78, 5) is 34.1. The molecule has 0 bridgehead atoms. The highest BCUT2D eigenvalue weighted by Gasteiger charge is 2.53. The zero-order valence-electron chi connectivity index (χ0n) is 16.0. The zero-order chi connectivity index (χ0) is 18.7. The molecule has 2 amide bonds. The van der Waals surface area contributed by atoms with E-state index in [-0.39, 0.29) is 23.4 Å². The summed E-state index contributed by atoms with van der Waals surface area (Å²) in [5.41, 5.74) is 1.07. The standard InChI is InChI=1S/C20H29N3O3/c1-4-17-20(11-9-18(24)23(20)13-14-26-3)10-6-12-22(17)19(25)16-8-5-7-15(2)21-16/h5,7-8,17H,4,6,9-14H2,1-3H3/t17-,20-/m0/s1. The van der Waals surface area contributed by atoms with Crippen molar-refractivity contribution in [2.75, 3.05) is 26.8 Å². The van der Waals surface area contributed by atoms with Gasteiger partial charge in [-0.25, -0.2) is 4.98 Å². The topological polar surface area (TPSA) is 62.7 Å². The summed E-state index contributed by atoms with van der Waals surface area (Å²) in [5.74, 6) is 0.161. The average molecular weight is 359 g/mol. The summed E-state index contributed by atoms with van der Waals surface area (Å²) in [6.07, 6.45) is 4.06. The van der Waals surface area contributed by atoms with Crippen molar-refractivity contribution in [2.24, 2.45) is 0 Å². The van der Waals surface area contributed by atoms with E-state index >= 15 is 0 Å². The van der Waals surface area contributed by atoms with Gasteiger partial charge in [-0.05, 0) is 44.7 Å². The van der Waals surface area contributed by atoms with Crippen molar-refractivity contribution in [1.29, 1.82) is 0 Å². The van der Waals surface area contributed by atoms with Crippen molar-refractivity contribution in [1.82, 2.24) is 14.8 Å². The van der Waals surface area contributed by atoms with Crippen LogP contribution in [0.4, 0.5) is 0 Å². The SMILES string of the molecule is CC[C@@H]1N(C(=O)c2cccc(C)n2)CCC[C@]12CCC(=O)N2CCOC. The molecular weight excluding hydrogens is 330 g/mol. The van der Waals surface area contributed by atoms with Crippen LogP contribution in [-0.4, -0.2) is 65.0 Å². The number of hydrogen-bond donors (Lipinski definition) is 0. The first-order valence-electron chi connectivity index (χ1n) is 9.57. The van der Waals surface area contributed by atoms with E-state index in [0.717, 1.165) is 37.9 Å². The normalized spacial score (nSPS) is 26.0. The first-order chi connectivity index (χ1) is 12.5. The highest BCUT2D eigenvalue weighted by atomic mass is 16.5. The minimum atomic E-state index is -0.262. The van der Waals surface area contributed by atoms with Gasteiger partial charge in [-0.1, -0.05) is 13.0 Å². The molecule has 2 fully saturated rings. The molecule has 142 valence electrons. The fourth-order valence-electron chi connectivity index (χ4n) is 4.80. The Hall–Kier alpha value is -1.95. The molecule has 0 unspecified atom stereocenters. The van der Waals surface area contributed by atoms with Crippen LogP contribution in [0.2, 0.25) is 0 Å². The maximum absolute atomic E-state index is 13.2. The number of methoxy groups -OCH3 is 1. The summed E-state index contributed by atoms with van der Waals surface area (Å²) in [5, 5.41) is 0. The summed E-state index contributed by atoms with van der Waals surface area (Å²) in [7, 11) is 1.66. The Labute approximate surface area is 155 Å². The van der Waals surface area contributed by atoms with Gasteiger partial charge >= 0.3 is 0 Å². The van der Waals surface area contributed by atoms with E-state index in [1.54, 1.807) is 13.2 Å². The van der Waals surface area contributed by atoms with Crippen molar-refractivity contribution in [3.63, 3.8) is 0 Å². The van der Waals surface area contributed by atoms with Gasteiger partial charge in [0, 0.05) is 32.3 Å². The number of likely N-dealkylation sites (tertiary alicyclic amines) is 2. The van der Waals surface area contributed by atoms with Crippen LogP contribution in [0.5, 0.6) is 0 Å². The summed E-state index contributed by atoms with van der Waals surface area (Å²) in [6.45, 7) is 5.85. The smallest absolute Gasteiger partial charge is 0.272 e. The molecule has 0 aromatic carbocycles. The van der Waals surface area contributed by atoms with Gasteiger partial charge in [0.25, 0.3) is 5.91 Å². The maximum atomic E-state index is 13.2. The number of aryl methyl sites for hydroxylation is 1. The molecule has 0 aliphatic carbocycles. The number of pyridine rings is 1. The van der Waals surface area contributed by atoms with Crippen LogP contribution in [0, 0.1) is 6.92 Å². The monoisotopic (exact) mass is 359 g/mol. The molecule has 6 heteroatoms. The largest absolute Gasteiger partial charge is 0.383 e. The van der Waals surface area contributed by atoms with Crippen LogP contribution in [0.25, 0.3) is 0 Å². The average Bonchev–Trinajstić information content (AvgIpc) is 2.95.